The maximum absolute atomic E-state index is 10.1. The number of para-hydroxylation sites is 1. The van der Waals surface area contributed by atoms with E-state index in [0.717, 1.165) is 24.2 Å². The van der Waals surface area contributed by atoms with Crippen molar-refractivity contribution in [1.29, 1.82) is 0 Å². The molecule has 1 aromatic rings. The summed E-state index contributed by atoms with van der Waals surface area (Å²) in [5.41, 5.74) is 0.907. The van der Waals surface area contributed by atoms with Gasteiger partial charge in [-0.25, -0.2) is 0 Å². The normalized spacial score (nSPS) is 12.8. The third-order valence-corrected chi connectivity index (χ3v) is 2.43. The van der Waals surface area contributed by atoms with Crippen LogP contribution in [0.15, 0.2) is 24.3 Å². The van der Waals surface area contributed by atoms with E-state index >= 15 is 0 Å². The molecule has 0 radical (unpaired) electrons. The summed E-state index contributed by atoms with van der Waals surface area (Å²) in [6.07, 6.45) is 1.33. The predicted octanol–water partition coefficient (Wildman–Crippen LogP) is 3.55. The fraction of sp³-hybridized carbons (Fsp3) is 0.571. The van der Waals surface area contributed by atoms with Gasteiger partial charge in [0, 0.05) is 5.56 Å². The average Bonchev–Trinajstić information content (AvgIpc) is 2.25. The SMILES string of the molecule is CCCOc1ccccc1C(O)CC(C)C. The van der Waals surface area contributed by atoms with Gasteiger partial charge in [-0.15, -0.1) is 0 Å². The molecule has 0 saturated heterocycles. The van der Waals surface area contributed by atoms with Crippen LogP contribution in [-0.2, 0) is 0 Å². The Morgan fingerprint density at radius 2 is 1.94 bits per heavy atom. The fourth-order valence-electron chi connectivity index (χ4n) is 1.67. The molecule has 0 bridgehead atoms. The first kappa shape index (κ1) is 13.0. The van der Waals surface area contributed by atoms with Crippen molar-refractivity contribution in [2.75, 3.05) is 6.61 Å². The second-order valence-electron chi connectivity index (χ2n) is 4.53. The average molecular weight is 222 g/mol. The molecular formula is C14H22O2. The molecule has 0 aliphatic carbocycles. The van der Waals surface area contributed by atoms with E-state index in [1.165, 1.54) is 0 Å². The third-order valence-electron chi connectivity index (χ3n) is 2.43. The Morgan fingerprint density at radius 1 is 1.25 bits per heavy atom. The van der Waals surface area contributed by atoms with E-state index in [1.807, 2.05) is 24.3 Å². The number of hydrogen-bond donors (Lipinski definition) is 1. The van der Waals surface area contributed by atoms with E-state index in [-0.39, 0.29) is 0 Å². The summed E-state index contributed by atoms with van der Waals surface area (Å²) in [5.74, 6) is 1.30. The maximum atomic E-state index is 10.1. The second kappa shape index (κ2) is 6.54. The zero-order chi connectivity index (χ0) is 12.0. The Kier molecular flexibility index (Phi) is 5.33. The van der Waals surface area contributed by atoms with Crippen LogP contribution in [0.25, 0.3) is 0 Å². The summed E-state index contributed by atoms with van der Waals surface area (Å²) in [7, 11) is 0. The Balaban J connectivity index is 2.76. The molecule has 90 valence electrons. The van der Waals surface area contributed by atoms with Crippen molar-refractivity contribution < 1.29 is 9.84 Å². The van der Waals surface area contributed by atoms with Crippen molar-refractivity contribution in [1.82, 2.24) is 0 Å². The lowest BCUT2D eigenvalue weighted by Crippen LogP contribution is -2.05. The van der Waals surface area contributed by atoms with E-state index in [2.05, 4.69) is 20.8 Å². The first-order valence-electron chi connectivity index (χ1n) is 6.05. The van der Waals surface area contributed by atoms with Gasteiger partial charge in [0.05, 0.1) is 12.7 Å². The second-order valence-corrected chi connectivity index (χ2v) is 4.53. The topological polar surface area (TPSA) is 29.5 Å². The molecule has 0 fully saturated rings. The van der Waals surface area contributed by atoms with Crippen LogP contribution in [-0.4, -0.2) is 11.7 Å². The summed E-state index contributed by atoms with van der Waals surface area (Å²) >= 11 is 0. The molecule has 0 amide bonds. The molecule has 0 aromatic heterocycles. The van der Waals surface area contributed by atoms with Gasteiger partial charge < -0.3 is 9.84 Å². The summed E-state index contributed by atoms with van der Waals surface area (Å²) < 4.78 is 5.63. The van der Waals surface area contributed by atoms with Crippen LogP contribution >= 0.6 is 0 Å². The first-order valence-corrected chi connectivity index (χ1v) is 6.05. The summed E-state index contributed by atoms with van der Waals surface area (Å²) in [6.45, 7) is 7.00. The number of rotatable bonds is 6. The standard InChI is InChI=1S/C14H22O2/c1-4-9-16-14-8-6-5-7-12(14)13(15)10-11(2)3/h5-8,11,13,15H,4,9-10H2,1-3H3. The monoisotopic (exact) mass is 222 g/mol. The number of aliphatic hydroxyl groups excluding tert-OH is 1. The van der Waals surface area contributed by atoms with E-state index in [1.54, 1.807) is 0 Å². The van der Waals surface area contributed by atoms with Crippen molar-refractivity contribution in [3.63, 3.8) is 0 Å². The van der Waals surface area contributed by atoms with Crippen LogP contribution in [0.4, 0.5) is 0 Å². The molecule has 1 aromatic carbocycles. The molecule has 1 unspecified atom stereocenters. The minimum Gasteiger partial charge on any atom is -0.493 e. The van der Waals surface area contributed by atoms with Gasteiger partial charge in [0.25, 0.3) is 0 Å². The van der Waals surface area contributed by atoms with Gasteiger partial charge in [-0.2, -0.15) is 0 Å². The van der Waals surface area contributed by atoms with Crippen molar-refractivity contribution in [3.05, 3.63) is 29.8 Å². The van der Waals surface area contributed by atoms with E-state index in [0.29, 0.717) is 12.5 Å². The smallest absolute Gasteiger partial charge is 0.125 e. The van der Waals surface area contributed by atoms with Crippen LogP contribution in [0.5, 0.6) is 5.75 Å². The van der Waals surface area contributed by atoms with Gasteiger partial charge in [0.1, 0.15) is 5.75 Å². The van der Waals surface area contributed by atoms with Crippen LogP contribution in [0.2, 0.25) is 0 Å². The molecule has 0 heterocycles. The predicted molar refractivity (Wildman–Crippen MR) is 66.6 cm³/mol. The lowest BCUT2D eigenvalue weighted by Gasteiger charge is -2.17. The highest BCUT2D eigenvalue weighted by Crippen LogP contribution is 2.29. The molecule has 0 aliphatic heterocycles. The Labute approximate surface area is 98.3 Å². The highest BCUT2D eigenvalue weighted by molar-refractivity contribution is 5.35. The lowest BCUT2D eigenvalue weighted by atomic mass is 9.99. The highest BCUT2D eigenvalue weighted by Gasteiger charge is 2.14. The molecular weight excluding hydrogens is 200 g/mol. The molecule has 2 heteroatoms. The van der Waals surface area contributed by atoms with Crippen LogP contribution in [0, 0.1) is 5.92 Å². The third kappa shape index (κ3) is 3.86. The highest BCUT2D eigenvalue weighted by atomic mass is 16.5. The number of aliphatic hydroxyl groups is 1. The van der Waals surface area contributed by atoms with Crippen LogP contribution in [0.1, 0.15) is 45.3 Å². The van der Waals surface area contributed by atoms with Crippen molar-refractivity contribution in [2.24, 2.45) is 5.92 Å². The van der Waals surface area contributed by atoms with Gasteiger partial charge >= 0.3 is 0 Å². The molecule has 1 N–H and O–H groups in total. The van der Waals surface area contributed by atoms with Crippen molar-refractivity contribution in [2.45, 2.75) is 39.7 Å². The molecule has 0 spiro atoms. The number of hydrogen-bond acceptors (Lipinski definition) is 2. The molecule has 1 rings (SSSR count). The zero-order valence-corrected chi connectivity index (χ0v) is 10.4. The van der Waals surface area contributed by atoms with Gasteiger partial charge in [0.2, 0.25) is 0 Å². The summed E-state index contributed by atoms with van der Waals surface area (Å²) in [4.78, 5) is 0. The lowest BCUT2D eigenvalue weighted by molar-refractivity contribution is 0.145. The number of ether oxygens (including phenoxy) is 1. The van der Waals surface area contributed by atoms with E-state index < -0.39 is 6.10 Å². The first-order chi connectivity index (χ1) is 7.65. The Bertz CT molecular complexity index is 307. The largest absolute Gasteiger partial charge is 0.493 e. The van der Waals surface area contributed by atoms with Crippen LogP contribution in [0.3, 0.4) is 0 Å². The maximum Gasteiger partial charge on any atom is 0.125 e. The van der Waals surface area contributed by atoms with Gasteiger partial charge in [-0.1, -0.05) is 39.0 Å². The molecule has 0 aliphatic rings. The van der Waals surface area contributed by atoms with Crippen molar-refractivity contribution >= 4 is 0 Å². The molecule has 1 atom stereocenters. The Morgan fingerprint density at radius 3 is 2.56 bits per heavy atom. The quantitative estimate of drug-likeness (QED) is 0.797. The molecule has 2 nitrogen and oxygen atoms in total. The van der Waals surface area contributed by atoms with E-state index in [9.17, 15) is 5.11 Å². The molecule has 0 saturated carbocycles. The minimum atomic E-state index is -0.423. The Hall–Kier alpha value is -1.02. The van der Waals surface area contributed by atoms with Crippen molar-refractivity contribution in [3.8, 4) is 5.75 Å². The fourth-order valence-corrected chi connectivity index (χ4v) is 1.67. The summed E-state index contributed by atoms with van der Waals surface area (Å²) in [5, 5.41) is 10.1. The van der Waals surface area contributed by atoms with Crippen LogP contribution < -0.4 is 4.74 Å². The zero-order valence-electron chi connectivity index (χ0n) is 10.4. The minimum absolute atomic E-state index is 0.423. The summed E-state index contributed by atoms with van der Waals surface area (Å²) in [6, 6.07) is 7.75. The van der Waals surface area contributed by atoms with E-state index in [4.69, 9.17) is 4.74 Å². The number of benzene rings is 1. The van der Waals surface area contributed by atoms with Gasteiger partial charge in [-0.3, -0.25) is 0 Å². The molecule has 16 heavy (non-hydrogen) atoms. The van der Waals surface area contributed by atoms with Gasteiger partial charge in [0.15, 0.2) is 0 Å². The van der Waals surface area contributed by atoms with Gasteiger partial charge in [-0.05, 0) is 24.8 Å².